The van der Waals surface area contributed by atoms with Gasteiger partial charge in [0.1, 0.15) is 5.75 Å². The highest BCUT2D eigenvalue weighted by Crippen LogP contribution is 2.33. The van der Waals surface area contributed by atoms with E-state index in [1.807, 2.05) is 18.2 Å². The van der Waals surface area contributed by atoms with Gasteiger partial charge in [-0.15, -0.1) is 0 Å². The lowest BCUT2D eigenvalue weighted by Crippen LogP contribution is -2.10. The first-order valence-corrected chi connectivity index (χ1v) is 9.36. The average Bonchev–Trinajstić information content (AvgIpc) is 2.58. The SMILES string of the molecule is O=C(Oc1ccc(C2CCCCC2)cc1)c1cc(I)ccc1Cl. The highest BCUT2D eigenvalue weighted by atomic mass is 127. The molecule has 120 valence electrons. The maximum atomic E-state index is 12.3. The Balaban J connectivity index is 1.70. The number of ether oxygens (including phenoxy) is 1. The van der Waals surface area contributed by atoms with Gasteiger partial charge >= 0.3 is 5.97 Å². The maximum absolute atomic E-state index is 12.3. The van der Waals surface area contributed by atoms with Crippen LogP contribution in [0.5, 0.6) is 5.75 Å². The second kappa shape index (κ2) is 7.67. The van der Waals surface area contributed by atoms with Crippen LogP contribution in [-0.2, 0) is 0 Å². The Labute approximate surface area is 155 Å². The van der Waals surface area contributed by atoms with Crippen molar-refractivity contribution in [2.45, 2.75) is 38.0 Å². The van der Waals surface area contributed by atoms with Crippen LogP contribution in [0.1, 0.15) is 53.9 Å². The molecule has 0 N–H and O–H groups in total. The summed E-state index contributed by atoms with van der Waals surface area (Å²) in [5.41, 5.74) is 1.74. The third kappa shape index (κ3) is 4.27. The Morgan fingerprint density at radius 1 is 1.04 bits per heavy atom. The fourth-order valence-electron chi connectivity index (χ4n) is 3.06. The molecule has 3 rings (SSSR count). The summed E-state index contributed by atoms with van der Waals surface area (Å²) in [6.45, 7) is 0. The number of esters is 1. The van der Waals surface area contributed by atoms with Crippen LogP contribution in [-0.4, -0.2) is 5.97 Å². The Bertz CT molecular complexity index is 691. The highest BCUT2D eigenvalue weighted by molar-refractivity contribution is 14.1. The van der Waals surface area contributed by atoms with E-state index in [1.165, 1.54) is 37.7 Å². The summed E-state index contributed by atoms with van der Waals surface area (Å²) in [6.07, 6.45) is 6.50. The molecular formula is C19H18ClIO2. The molecule has 2 nitrogen and oxygen atoms in total. The van der Waals surface area contributed by atoms with E-state index in [2.05, 4.69) is 34.7 Å². The number of carbonyl (C=O) groups excluding carboxylic acids is 1. The molecule has 4 heteroatoms. The minimum Gasteiger partial charge on any atom is -0.423 e. The average molecular weight is 441 g/mol. The van der Waals surface area contributed by atoms with Crippen molar-refractivity contribution in [2.24, 2.45) is 0 Å². The predicted octanol–water partition coefficient (Wildman–Crippen LogP) is 6.21. The van der Waals surface area contributed by atoms with Gasteiger partial charge in [-0.2, -0.15) is 0 Å². The van der Waals surface area contributed by atoms with Crippen molar-refractivity contribution < 1.29 is 9.53 Å². The Morgan fingerprint density at radius 2 is 1.74 bits per heavy atom. The lowest BCUT2D eigenvalue weighted by Gasteiger charge is -2.22. The molecule has 0 unspecified atom stereocenters. The first-order chi connectivity index (χ1) is 11.1. The molecule has 0 saturated heterocycles. The van der Waals surface area contributed by atoms with Crippen LogP contribution in [0.25, 0.3) is 0 Å². The zero-order valence-corrected chi connectivity index (χ0v) is 15.6. The van der Waals surface area contributed by atoms with E-state index >= 15 is 0 Å². The van der Waals surface area contributed by atoms with Gasteiger partial charge in [-0.05, 0) is 77.2 Å². The van der Waals surface area contributed by atoms with E-state index in [1.54, 1.807) is 12.1 Å². The fourth-order valence-corrected chi connectivity index (χ4v) is 3.75. The largest absolute Gasteiger partial charge is 0.423 e. The number of carbonyl (C=O) groups is 1. The van der Waals surface area contributed by atoms with Gasteiger partial charge in [-0.3, -0.25) is 0 Å². The summed E-state index contributed by atoms with van der Waals surface area (Å²) in [7, 11) is 0. The molecule has 1 aliphatic carbocycles. The van der Waals surface area contributed by atoms with E-state index < -0.39 is 5.97 Å². The summed E-state index contributed by atoms with van der Waals surface area (Å²) >= 11 is 8.23. The van der Waals surface area contributed by atoms with Gasteiger partial charge in [0.15, 0.2) is 0 Å². The molecule has 1 aliphatic rings. The number of benzene rings is 2. The van der Waals surface area contributed by atoms with Gasteiger partial charge in [0.25, 0.3) is 0 Å². The molecule has 0 spiro atoms. The molecule has 1 fully saturated rings. The standard InChI is InChI=1S/C19H18ClIO2/c20-18-11-8-15(21)12-17(18)19(22)23-16-9-6-14(7-10-16)13-4-2-1-3-5-13/h6-13H,1-5H2. The van der Waals surface area contributed by atoms with Crippen LogP contribution >= 0.6 is 34.2 Å². The molecule has 2 aromatic rings. The zero-order valence-electron chi connectivity index (χ0n) is 12.7. The minimum absolute atomic E-state index is 0.398. The van der Waals surface area contributed by atoms with Gasteiger partial charge in [-0.25, -0.2) is 4.79 Å². The zero-order chi connectivity index (χ0) is 16.2. The number of rotatable bonds is 3. The van der Waals surface area contributed by atoms with Gasteiger partial charge in [0.2, 0.25) is 0 Å². The molecule has 0 bridgehead atoms. The Hall–Kier alpha value is -1.07. The molecule has 0 atom stereocenters. The third-order valence-corrected chi connectivity index (χ3v) is 5.32. The monoisotopic (exact) mass is 440 g/mol. The second-order valence-electron chi connectivity index (χ2n) is 5.92. The van der Waals surface area contributed by atoms with E-state index in [0.717, 1.165) is 3.57 Å². The summed E-state index contributed by atoms with van der Waals surface area (Å²) in [4.78, 5) is 12.3. The highest BCUT2D eigenvalue weighted by Gasteiger charge is 2.16. The number of halogens is 2. The van der Waals surface area contributed by atoms with E-state index in [9.17, 15) is 4.79 Å². The molecule has 0 amide bonds. The number of hydrogen-bond donors (Lipinski definition) is 0. The quantitative estimate of drug-likeness (QED) is 0.322. The maximum Gasteiger partial charge on any atom is 0.345 e. The first-order valence-electron chi connectivity index (χ1n) is 7.90. The summed E-state index contributed by atoms with van der Waals surface area (Å²) in [5.74, 6) is 0.794. The topological polar surface area (TPSA) is 26.3 Å². The Morgan fingerprint density at radius 3 is 2.43 bits per heavy atom. The number of hydrogen-bond acceptors (Lipinski definition) is 2. The van der Waals surface area contributed by atoms with E-state index in [-0.39, 0.29) is 0 Å². The molecule has 23 heavy (non-hydrogen) atoms. The van der Waals surface area contributed by atoms with E-state index in [4.69, 9.17) is 16.3 Å². The first kappa shape index (κ1) is 16.8. The van der Waals surface area contributed by atoms with Gasteiger partial charge < -0.3 is 4.74 Å². The van der Waals surface area contributed by atoms with Crippen LogP contribution in [0.4, 0.5) is 0 Å². The fraction of sp³-hybridized carbons (Fsp3) is 0.316. The van der Waals surface area contributed by atoms with Crippen molar-refractivity contribution in [1.82, 2.24) is 0 Å². The van der Waals surface area contributed by atoms with Gasteiger partial charge in [-0.1, -0.05) is 43.0 Å². The molecule has 2 aromatic carbocycles. The van der Waals surface area contributed by atoms with Crippen molar-refractivity contribution >= 4 is 40.2 Å². The molecule has 0 radical (unpaired) electrons. The summed E-state index contributed by atoms with van der Waals surface area (Å²) in [6, 6.07) is 13.2. The van der Waals surface area contributed by atoms with Crippen LogP contribution in [0.15, 0.2) is 42.5 Å². The third-order valence-electron chi connectivity index (χ3n) is 4.32. The van der Waals surface area contributed by atoms with Gasteiger partial charge in [0, 0.05) is 3.57 Å². The van der Waals surface area contributed by atoms with Crippen molar-refractivity contribution in [2.75, 3.05) is 0 Å². The lowest BCUT2D eigenvalue weighted by atomic mass is 9.84. The molecule has 1 saturated carbocycles. The summed E-state index contributed by atoms with van der Waals surface area (Å²) in [5, 5.41) is 0.411. The van der Waals surface area contributed by atoms with Crippen LogP contribution in [0.3, 0.4) is 0 Å². The lowest BCUT2D eigenvalue weighted by molar-refractivity contribution is 0.0735. The summed E-state index contributed by atoms with van der Waals surface area (Å²) < 4.78 is 6.40. The van der Waals surface area contributed by atoms with Crippen molar-refractivity contribution in [1.29, 1.82) is 0 Å². The van der Waals surface area contributed by atoms with Crippen molar-refractivity contribution in [3.8, 4) is 5.75 Å². The van der Waals surface area contributed by atoms with Crippen LogP contribution in [0.2, 0.25) is 5.02 Å². The molecule has 0 aromatic heterocycles. The molecule has 0 heterocycles. The molecular weight excluding hydrogens is 423 g/mol. The predicted molar refractivity (Wildman–Crippen MR) is 101 cm³/mol. The van der Waals surface area contributed by atoms with Crippen LogP contribution < -0.4 is 4.74 Å². The van der Waals surface area contributed by atoms with Crippen molar-refractivity contribution in [3.05, 3.63) is 62.2 Å². The Kier molecular flexibility index (Phi) is 5.59. The minimum atomic E-state index is -0.418. The van der Waals surface area contributed by atoms with Crippen LogP contribution in [0, 0.1) is 3.57 Å². The second-order valence-corrected chi connectivity index (χ2v) is 7.57. The van der Waals surface area contributed by atoms with Gasteiger partial charge in [0.05, 0.1) is 10.6 Å². The smallest absolute Gasteiger partial charge is 0.345 e. The normalized spacial score (nSPS) is 15.4. The van der Waals surface area contributed by atoms with E-state index in [0.29, 0.717) is 22.3 Å². The molecule has 0 aliphatic heterocycles. The van der Waals surface area contributed by atoms with Crippen molar-refractivity contribution in [3.63, 3.8) is 0 Å².